The molecule has 0 heterocycles. The maximum Gasteiger partial charge on any atom is 0.0349 e. The first kappa shape index (κ1) is 12.9. The highest BCUT2D eigenvalue weighted by atomic mass is 14.6. The second kappa shape index (κ2) is 4.31. The van der Waals surface area contributed by atoms with Gasteiger partial charge in [0.2, 0.25) is 0 Å². The van der Waals surface area contributed by atoms with E-state index in [4.69, 9.17) is 5.73 Å². The van der Waals surface area contributed by atoms with Crippen molar-refractivity contribution in [2.24, 2.45) is 16.6 Å². The summed E-state index contributed by atoms with van der Waals surface area (Å²) in [5.74, 6) is 0. The zero-order valence-corrected chi connectivity index (χ0v) is 11.8. The molecule has 18 heavy (non-hydrogen) atoms. The highest BCUT2D eigenvalue weighted by Gasteiger charge is 2.37. The molecule has 1 atom stereocenters. The largest absolute Gasteiger partial charge is 0.398 e. The Morgan fingerprint density at radius 1 is 1.11 bits per heavy atom. The van der Waals surface area contributed by atoms with Crippen molar-refractivity contribution in [2.45, 2.75) is 34.1 Å². The summed E-state index contributed by atoms with van der Waals surface area (Å²) >= 11 is 0. The minimum Gasteiger partial charge on any atom is -0.398 e. The van der Waals surface area contributed by atoms with Crippen LogP contribution in [0.5, 0.6) is 0 Å². The molecule has 0 radical (unpaired) electrons. The number of benzene rings is 1. The van der Waals surface area contributed by atoms with Gasteiger partial charge >= 0.3 is 0 Å². The minimum atomic E-state index is 0.154. The lowest BCUT2D eigenvalue weighted by molar-refractivity contribution is 0.173. The predicted octanol–water partition coefficient (Wildman–Crippen LogP) is 4.37. The Labute approximate surface area is 110 Å². The van der Waals surface area contributed by atoms with Crippen LogP contribution in [-0.2, 0) is 0 Å². The maximum absolute atomic E-state index is 6.17. The van der Waals surface area contributed by atoms with Crippen molar-refractivity contribution in [2.75, 3.05) is 0 Å². The molecule has 1 aromatic rings. The monoisotopic (exact) mass is 241 g/mol. The van der Waals surface area contributed by atoms with Crippen LogP contribution in [0, 0.1) is 10.8 Å². The Balaban J connectivity index is 2.41. The highest BCUT2D eigenvalue weighted by molar-refractivity contribution is 5.72. The van der Waals surface area contributed by atoms with Crippen LogP contribution in [0.1, 0.15) is 39.7 Å². The van der Waals surface area contributed by atoms with Crippen molar-refractivity contribution in [1.82, 2.24) is 0 Å². The third kappa shape index (κ3) is 2.22. The van der Waals surface area contributed by atoms with E-state index in [-0.39, 0.29) is 10.8 Å². The lowest BCUT2D eigenvalue weighted by Crippen LogP contribution is -2.33. The molecule has 2 N–H and O–H groups in total. The van der Waals surface area contributed by atoms with Crippen LogP contribution in [0.25, 0.3) is 5.57 Å². The summed E-state index contributed by atoms with van der Waals surface area (Å²) < 4.78 is 0. The smallest absolute Gasteiger partial charge is 0.0349 e. The second-order valence-corrected chi connectivity index (χ2v) is 6.48. The molecule has 0 saturated heterocycles. The average molecular weight is 241 g/mol. The van der Waals surface area contributed by atoms with Crippen molar-refractivity contribution < 1.29 is 0 Å². The standard InChI is InChI=1S/C17H23N/c1-16(2,3)17(4)11-10-15(18)14(12-17)13-8-6-5-7-9-13/h5-11H,12,18H2,1-4H3. The fourth-order valence-corrected chi connectivity index (χ4v) is 2.33. The van der Waals surface area contributed by atoms with Crippen molar-refractivity contribution in [3.8, 4) is 0 Å². The molecule has 0 bridgehead atoms. The fraction of sp³-hybridized carbons (Fsp3) is 0.412. The van der Waals surface area contributed by atoms with Gasteiger partial charge in [0.25, 0.3) is 0 Å². The van der Waals surface area contributed by atoms with E-state index >= 15 is 0 Å². The molecular weight excluding hydrogens is 218 g/mol. The second-order valence-electron chi connectivity index (χ2n) is 6.48. The Hall–Kier alpha value is -1.50. The van der Waals surface area contributed by atoms with Crippen molar-refractivity contribution in [3.63, 3.8) is 0 Å². The van der Waals surface area contributed by atoms with Crippen molar-refractivity contribution >= 4 is 5.57 Å². The van der Waals surface area contributed by atoms with E-state index in [0.29, 0.717) is 0 Å². The lowest BCUT2D eigenvalue weighted by Gasteiger charge is -2.42. The van der Waals surface area contributed by atoms with Crippen LogP contribution in [0.3, 0.4) is 0 Å². The van der Waals surface area contributed by atoms with Gasteiger partial charge in [-0.25, -0.2) is 0 Å². The van der Waals surface area contributed by atoms with E-state index in [1.165, 1.54) is 11.1 Å². The Bertz CT molecular complexity index is 488. The number of allylic oxidation sites excluding steroid dienone is 3. The quantitative estimate of drug-likeness (QED) is 0.776. The summed E-state index contributed by atoms with van der Waals surface area (Å²) in [6.45, 7) is 9.20. The molecule has 0 spiro atoms. The van der Waals surface area contributed by atoms with Crippen LogP contribution in [0.4, 0.5) is 0 Å². The Morgan fingerprint density at radius 3 is 2.28 bits per heavy atom. The molecule has 0 aromatic heterocycles. The molecule has 1 heteroatoms. The molecule has 2 rings (SSSR count). The zero-order chi connectivity index (χ0) is 13.4. The summed E-state index contributed by atoms with van der Waals surface area (Å²) in [4.78, 5) is 0. The summed E-state index contributed by atoms with van der Waals surface area (Å²) in [6.07, 6.45) is 5.36. The first-order valence-electron chi connectivity index (χ1n) is 6.57. The molecule has 1 unspecified atom stereocenters. The van der Waals surface area contributed by atoms with E-state index in [9.17, 15) is 0 Å². The van der Waals surface area contributed by atoms with E-state index < -0.39 is 0 Å². The summed E-state index contributed by atoms with van der Waals surface area (Å²) in [5, 5.41) is 0. The number of hydrogen-bond acceptors (Lipinski definition) is 1. The van der Waals surface area contributed by atoms with Gasteiger partial charge in [0.05, 0.1) is 0 Å². The third-order valence-corrected chi connectivity index (χ3v) is 4.36. The number of hydrogen-bond donors (Lipinski definition) is 1. The summed E-state index contributed by atoms with van der Waals surface area (Å²) in [6, 6.07) is 10.5. The SMILES string of the molecule is CC(C)(C)C1(C)C=CC(N)=C(c2ccccc2)C1. The predicted molar refractivity (Wildman–Crippen MR) is 78.9 cm³/mol. The van der Waals surface area contributed by atoms with E-state index in [1.54, 1.807) is 0 Å². The van der Waals surface area contributed by atoms with Crippen LogP contribution in [0.15, 0.2) is 48.2 Å². The summed E-state index contributed by atoms with van der Waals surface area (Å²) in [5.41, 5.74) is 9.97. The van der Waals surface area contributed by atoms with Gasteiger partial charge in [-0.2, -0.15) is 0 Å². The normalized spacial score (nSPS) is 24.4. The Kier molecular flexibility index (Phi) is 3.10. The van der Waals surface area contributed by atoms with Crippen LogP contribution in [-0.4, -0.2) is 0 Å². The van der Waals surface area contributed by atoms with E-state index in [2.05, 4.69) is 64.1 Å². The van der Waals surface area contributed by atoms with Crippen LogP contribution in [0.2, 0.25) is 0 Å². The lowest BCUT2D eigenvalue weighted by atomic mass is 9.62. The van der Waals surface area contributed by atoms with Crippen molar-refractivity contribution in [1.29, 1.82) is 0 Å². The van der Waals surface area contributed by atoms with Crippen LogP contribution < -0.4 is 5.73 Å². The molecule has 0 fully saturated rings. The van der Waals surface area contributed by atoms with Gasteiger partial charge in [-0.1, -0.05) is 64.1 Å². The molecule has 1 aliphatic rings. The van der Waals surface area contributed by atoms with Gasteiger partial charge in [-0.05, 0) is 34.5 Å². The topological polar surface area (TPSA) is 26.0 Å². The van der Waals surface area contributed by atoms with E-state index in [0.717, 1.165) is 12.1 Å². The van der Waals surface area contributed by atoms with Gasteiger partial charge in [0.1, 0.15) is 0 Å². The third-order valence-electron chi connectivity index (χ3n) is 4.36. The average Bonchev–Trinajstić information content (AvgIpc) is 2.32. The highest BCUT2D eigenvalue weighted by Crippen LogP contribution is 2.48. The van der Waals surface area contributed by atoms with Gasteiger partial charge < -0.3 is 5.73 Å². The van der Waals surface area contributed by atoms with Crippen LogP contribution >= 0.6 is 0 Å². The van der Waals surface area contributed by atoms with Gasteiger partial charge in [0, 0.05) is 5.70 Å². The first-order chi connectivity index (χ1) is 8.33. The van der Waals surface area contributed by atoms with Gasteiger partial charge in [0.15, 0.2) is 0 Å². The first-order valence-corrected chi connectivity index (χ1v) is 6.57. The zero-order valence-electron chi connectivity index (χ0n) is 11.8. The Morgan fingerprint density at radius 2 is 1.72 bits per heavy atom. The minimum absolute atomic E-state index is 0.154. The molecule has 1 aromatic carbocycles. The fourth-order valence-electron chi connectivity index (χ4n) is 2.33. The molecule has 0 saturated carbocycles. The number of rotatable bonds is 1. The molecule has 1 aliphatic carbocycles. The van der Waals surface area contributed by atoms with Gasteiger partial charge in [-0.3, -0.25) is 0 Å². The molecular formula is C17H23N. The molecule has 0 aliphatic heterocycles. The molecule has 0 amide bonds. The van der Waals surface area contributed by atoms with E-state index in [1.807, 2.05) is 6.07 Å². The maximum atomic E-state index is 6.17. The number of nitrogens with two attached hydrogens (primary N) is 1. The molecule has 96 valence electrons. The van der Waals surface area contributed by atoms with Crippen molar-refractivity contribution in [3.05, 3.63) is 53.7 Å². The van der Waals surface area contributed by atoms with Gasteiger partial charge in [-0.15, -0.1) is 0 Å². The summed E-state index contributed by atoms with van der Waals surface area (Å²) in [7, 11) is 0. The molecule has 1 nitrogen and oxygen atoms in total.